The Morgan fingerprint density at radius 1 is 1.35 bits per heavy atom. The third-order valence-electron chi connectivity index (χ3n) is 3.25. The minimum absolute atomic E-state index is 0.0949. The molecule has 5 heteroatoms. The van der Waals surface area contributed by atoms with Gasteiger partial charge < -0.3 is 14.8 Å². The molecule has 1 aromatic carbocycles. The van der Waals surface area contributed by atoms with Gasteiger partial charge in [-0.05, 0) is 17.5 Å². The van der Waals surface area contributed by atoms with Gasteiger partial charge in [-0.1, -0.05) is 22.0 Å². The van der Waals surface area contributed by atoms with Crippen LogP contribution in [-0.4, -0.2) is 21.4 Å². The lowest BCUT2D eigenvalue weighted by atomic mass is 9.96. The molecule has 1 atom stereocenters. The van der Waals surface area contributed by atoms with Crippen LogP contribution in [0.1, 0.15) is 5.56 Å². The number of hydrogen-bond acceptors (Lipinski definition) is 3. The van der Waals surface area contributed by atoms with Gasteiger partial charge in [-0.25, -0.2) is 0 Å². The number of aliphatic hydroxyl groups excluding tert-OH is 1. The third-order valence-corrected chi connectivity index (χ3v) is 3.91. The summed E-state index contributed by atoms with van der Waals surface area (Å²) >= 11 is 3.37. The van der Waals surface area contributed by atoms with Gasteiger partial charge in [0.2, 0.25) is 0 Å². The Kier molecular flexibility index (Phi) is 2.20. The average molecular weight is 296 g/mol. The molecule has 0 bridgehead atoms. The fourth-order valence-corrected chi connectivity index (χ4v) is 3.13. The Labute approximate surface area is 105 Å². The molecular weight excluding hydrogens is 286 g/mol. The first-order valence-corrected chi connectivity index (χ1v) is 6.02. The smallest absolute Gasteiger partial charge is 0.251 e. The molecule has 1 unspecified atom stereocenters. The first-order chi connectivity index (χ1) is 8.07. The number of benzene rings is 1. The Balaban J connectivity index is 2.53. The highest BCUT2D eigenvalue weighted by Gasteiger charge is 2.39. The minimum atomic E-state index is -1.38. The summed E-state index contributed by atoms with van der Waals surface area (Å²) in [7, 11) is 0. The van der Waals surface area contributed by atoms with Crippen LogP contribution in [0.25, 0.3) is 10.9 Å². The van der Waals surface area contributed by atoms with Gasteiger partial charge in [0, 0.05) is 16.1 Å². The van der Waals surface area contributed by atoms with Crippen LogP contribution in [0.2, 0.25) is 0 Å². The van der Waals surface area contributed by atoms with Crippen molar-refractivity contribution in [3.63, 3.8) is 0 Å². The zero-order chi connectivity index (χ0) is 12.2. The van der Waals surface area contributed by atoms with Crippen LogP contribution in [-0.2, 0) is 12.1 Å². The topological polar surface area (TPSA) is 62.5 Å². The first-order valence-electron chi connectivity index (χ1n) is 5.22. The van der Waals surface area contributed by atoms with Gasteiger partial charge in [0.1, 0.15) is 5.60 Å². The minimum Gasteiger partial charge on any atom is -0.393 e. The number of pyridine rings is 1. The summed E-state index contributed by atoms with van der Waals surface area (Å²) in [4.78, 5) is 11.8. The Bertz CT molecular complexity index is 679. The highest BCUT2D eigenvalue weighted by atomic mass is 79.9. The van der Waals surface area contributed by atoms with E-state index >= 15 is 0 Å². The predicted octanol–water partition coefficient (Wildman–Crippen LogP) is 0.958. The van der Waals surface area contributed by atoms with E-state index in [9.17, 15) is 15.0 Å². The summed E-state index contributed by atoms with van der Waals surface area (Å²) < 4.78 is 2.21. The molecule has 0 fully saturated rings. The number of nitrogens with zero attached hydrogens (tertiary/aromatic N) is 1. The van der Waals surface area contributed by atoms with Gasteiger partial charge in [0.05, 0.1) is 18.7 Å². The van der Waals surface area contributed by atoms with Gasteiger partial charge in [0.15, 0.2) is 0 Å². The molecule has 4 nitrogen and oxygen atoms in total. The fraction of sp³-hybridized carbons (Fsp3) is 0.250. The number of aromatic nitrogens is 1. The quantitative estimate of drug-likeness (QED) is 0.824. The fourth-order valence-electron chi connectivity index (χ4n) is 2.44. The van der Waals surface area contributed by atoms with Crippen LogP contribution in [0.15, 0.2) is 33.5 Å². The van der Waals surface area contributed by atoms with Gasteiger partial charge >= 0.3 is 0 Å². The van der Waals surface area contributed by atoms with E-state index in [1.807, 2.05) is 12.1 Å². The van der Waals surface area contributed by atoms with Crippen LogP contribution in [0, 0.1) is 0 Å². The second-order valence-corrected chi connectivity index (χ2v) is 5.16. The van der Waals surface area contributed by atoms with Crippen molar-refractivity contribution in [2.45, 2.75) is 12.1 Å². The van der Waals surface area contributed by atoms with Crippen molar-refractivity contribution < 1.29 is 10.2 Å². The monoisotopic (exact) mass is 295 g/mol. The molecule has 0 saturated carbocycles. The lowest BCUT2D eigenvalue weighted by Gasteiger charge is -2.21. The second-order valence-electron chi connectivity index (χ2n) is 4.31. The predicted molar refractivity (Wildman–Crippen MR) is 66.9 cm³/mol. The van der Waals surface area contributed by atoms with Gasteiger partial charge in [-0.3, -0.25) is 4.79 Å². The van der Waals surface area contributed by atoms with Gasteiger partial charge in [0.25, 0.3) is 5.56 Å². The molecule has 0 spiro atoms. The third kappa shape index (κ3) is 1.33. The molecule has 2 aromatic rings. The second kappa shape index (κ2) is 3.41. The van der Waals surface area contributed by atoms with E-state index in [-0.39, 0.29) is 12.1 Å². The van der Waals surface area contributed by atoms with Crippen LogP contribution < -0.4 is 5.56 Å². The number of aliphatic hydroxyl groups is 2. The Hall–Kier alpha value is -1.17. The van der Waals surface area contributed by atoms with E-state index in [1.165, 1.54) is 10.6 Å². The molecule has 0 saturated heterocycles. The van der Waals surface area contributed by atoms with Crippen molar-refractivity contribution in [1.82, 2.24) is 4.57 Å². The SMILES string of the molecule is O=c1ccc2ccc(Br)c3c2n1CC3(O)CO. The molecular formula is C12H10BrNO3. The maximum Gasteiger partial charge on any atom is 0.251 e. The van der Waals surface area contributed by atoms with Gasteiger partial charge in [-0.15, -0.1) is 0 Å². The highest BCUT2D eigenvalue weighted by Crippen LogP contribution is 2.40. The molecule has 0 radical (unpaired) electrons. The lowest BCUT2D eigenvalue weighted by molar-refractivity contribution is -0.0250. The summed E-state index contributed by atoms with van der Waals surface area (Å²) in [6, 6.07) is 6.90. The molecule has 0 amide bonds. The molecule has 1 aliphatic rings. The molecule has 2 N–H and O–H groups in total. The highest BCUT2D eigenvalue weighted by molar-refractivity contribution is 9.10. The Morgan fingerprint density at radius 3 is 2.76 bits per heavy atom. The van der Waals surface area contributed by atoms with E-state index in [0.717, 1.165) is 5.39 Å². The summed E-state index contributed by atoms with van der Waals surface area (Å²) in [6.45, 7) is -0.316. The lowest BCUT2D eigenvalue weighted by Crippen LogP contribution is -2.33. The van der Waals surface area contributed by atoms with Crippen molar-refractivity contribution in [2.75, 3.05) is 6.61 Å². The van der Waals surface area contributed by atoms with E-state index < -0.39 is 12.2 Å². The van der Waals surface area contributed by atoms with E-state index in [0.29, 0.717) is 15.6 Å². The standard InChI is InChI=1S/C12H10BrNO3/c13-8-3-1-7-2-4-9(16)14-5-12(17,6-15)10(8)11(7)14/h1-4,15,17H,5-6H2. The first kappa shape index (κ1) is 11.0. The van der Waals surface area contributed by atoms with Crippen molar-refractivity contribution in [3.05, 3.63) is 44.7 Å². The maximum absolute atomic E-state index is 11.8. The normalized spacial score (nSPS) is 22.3. The van der Waals surface area contributed by atoms with Gasteiger partial charge in [-0.2, -0.15) is 0 Å². The number of rotatable bonds is 1. The van der Waals surface area contributed by atoms with Crippen molar-refractivity contribution in [3.8, 4) is 0 Å². The molecule has 0 aliphatic carbocycles. The van der Waals surface area contributed by atoms with E-state index in [4.69, 9.17) is 0 Å². The molecule has 2 heterocycles. The zero-order valence-corrected chi connectivity index (χ0v) is 10.4. The van der Waals surface area contributed by atoms with Crippen molar-refractivity contribution in [1.29, 1.82) is 0 Å². The van der Waals surface area contributed by atoms with Crippen molar-refractivity contribution in [2.24, 2.45) is 0 Å². The van der Waals surface area contributed by atoms with Crippen LogP contribution in [0.3, 0.4) is 0 Å². The molecule has 3 rings (SSSR count). The summed E-state index contributed by atoms with van der Waals surface area (Å²) in [6.07, 6.45) is 0. The summed E-state index contributed by atoms with van der Waals surface area (Å²) in [5, 5.41) is 20.7. The summed E-state index contributed by atoms with van der Waals surface area (Å²) in [5.74, 6) is 0. The van der Waals surface area contributed by atoms with E-state index in [1.54, 1.807) is 6.07 Å². The van der Waals surface area contributed by atoms with Crippen LogP contribution in [0.4, 0.5) is 0 Å². The Morgan fingerprint density at radius 2 is 2.06 bits per heavy atom. The van der Waals surface area contributed by atoms with Crippen molar-refractivity contribution >= 4 is 26.8 Å². The number of halogens is 1. The molecule has 1 aromatic heterocycles. The molecule has 17 heavy (non-hydrogen) atoms. The number of hydrogen-bond donors (Lipinski definition) is 2. The average Bonchev–Trinajstić information content (AvgIpc) is 2.64. The largest absolute Gasteiger partial charge is 0.393 e. The maximum atomic E-state index is 11.8. The zero-order valence-electron chi connectivity index (χ0n) is 8.85. The van der Waals surface area contributed by atoms with E-state index in [2.05, 4.69) is 15.9 Å². The molecule has 1 aliphatic heterocycles. The van der Waals surface area contributed by atoms with Crippen LogP contribution in [0.5, 0.6) is 0 Å². The van der Waals surface area contributed by atoms with Crippen LogP contribution >= 0.6 is 15.9 Å². The molecule has 88 valence electrons. The summed E-state index contributed by atoms with van der Waals surface area (Å²) in [5.41, 5.74) is -0.258.